The number of aryl methyl sites for hydroxylation is 1. The molecular formula is C12H15BrO2. The summed E-state index contributed by atoms with van der Waals surface area (Å²) >= 11 is 3.37. The molecule has 0 aliphatic rings. The maximum absolute atomic E-state index is 10.5. The first-order valence-electron chi connectivity index (χ1n) is 5.05. The molecule has 1 unspecified atom stereocenters. The van der Waals surface area contributed by atoms with Crippen LogP contribution in [0.4, 0.5) is 0 Å². The standard InChI is InChI=1S/C12H15BrO2/c1-2-9-3-5-10(6-4-9)7-11(13)8-12(14)15/h3-6,11H,2,7-8H2,1H3,(H,14,15). The van der Waals surface area contributed by atoms with Crippen LogP contribution in [0.15, 0.2) is 24.3 Å². The van der Waals surface area contributed by atoms with E-state index in [1.165, 1.54) is 11.1 Å². The first kappa shape index (κ1) is 12.2. The first-order chi connectivity index (χ1) is 7.11. The van der Waals surface area contributed by atoms with Crippen molar-refractivity contribution in [3.63, 3.8) is 0 Å². The Labute approximate surface area is 98.4 Å². The molecule has 0 amide bonds. The van der Waals surface area contributed by atoms with Crippen LogP contribution in [0, 0.1) is 0 Å². The van der Waals surface area contributed by atoms with Crippen LogP contribution in [0.3, 0.4) is 0 Å². The van der Waals surface area contributed by atoms with E-state index in [4.69, 9.17) is 5.11 Å². The predicted octanol–water partition coefficient (Wildman–Crippen LogP) is 3.03. The lowest BCUT2D eigenvalue weighted by atomic mass is 10.1. The van der Waals surface area contributed by atoms with Crippen molar-refractivity contribution in [1.82, 2.24) is 0 Å². The van der Waals surface area contributed by atoms with Crippen LogP contribution < -0.4 is 0 Å². The minimum atomic E-state index is -0.762. The van der Waals surface area contributed by atoms with Gasteiger partial charge in [-0.3, -0.25) is 4.79 Å². The molecule has 1 aromatic carbocycles. The number of rotatable bonds is 5. The molecule has 0 aromatic heterocycles. The van der Waals surface area contributed by atoms with E-state index in [0.717, 1.165) is 12.8 Å². The molecule has 2 nitrogen and oxygen atoms in total. The maximum Gasteiger partial charge on any atom is 0.304 e. The van der Waals surface area contributed by atoms with Gasteiger partial charge in [0.05, 0.1) is 6.42 Å². The van der Waals surface area contributed by atoms with Crippen molar-refractivity contribution in [2.75, 3.05) is 0 Å². The molecule has 1 aromatic rings. The van der Waals surface area contributed by atoms with Gasteiger partial charge in [-0.2, -0.15) is 0 Å². The molecule has 0 heterocycles. The molecule has 0 fully saturated rings. The average molecular weight is 271 g/mol. The zero-order chi connectivity index (χ0) is 11.3. The smallest absolute Gasteiger partial charge is 0.304 e. The summed E-state index contributed by atoms with van der Waals surface area (Å²) < 4.78 is 0. The van der Waals surface area contributed by atoms with Crippen molar-refractivity contribution >= 4 is 21.9 Å². The van der Waals surface area contributed by atoms with E-state index in [1.54, 1.807) is 0 Å². The second-order valence-electron chi connectivity index (χ2n) is 3.57. The lowest BCUT2D eigenvalue weighted by Crippen LogP contribution is -2.09. The van der Waals surface area contributed by atoms with Crippen LogP contribution in [0.2, 0.25) is 0 Å². The van der Waals surface area contributed by atoms with Crippen LogP contribution >= 0.6 is 15.9 Å². The largest absolute Gasteiger partial charge is 0.481 e. The molecule has 1 N–H and O–H groups in total. The fourth-order valence-corrected chi connectivity index (χ4v) is 2.08. The normalized spacial score (nSPS) is 12.4. The number of aliphatic carboxylic acids is 1. The molecule has 82 valence electrons. The van der Waals surface area contributed by atoms with Gasteiger partial charge in [0.15, 0.2) is 0 Å². The van der Waals surface area contributed by atoms with Gasteiger partial charge in [0.2, 0.25) is 0 Å². The van der Waals surface area contributed by atoms with Crippen LogP contribution in [0.25, 0.3) is 0 Å². The summed E-state index contributed by atoms with van der Waals surface area (Å²) in [5.41, 5.74) is 2.48. The number of halogens is 1. The van der Waals surface area contributed by atoms with Crippen molar-refractivity contribution in [3.8, 4) is 0 Å². The van der Waals surface area contributed by atoms with E-state index in [9.17, 15) is 4.79 Å². The van der Waals surface area contributed by atoms with Crippen LogP contribution in [0.5, 0.6) is 0 Å². The first-order valence-corrected chi connectivity index (χ1v) is 5.97. The van der Waals surface area contributed by atoms with E-state index in [2.05, 4.69) is 47.1 Å². The Hall–Kier alpha value is -0.830. The maximum atomic E-state index is 10.5. The zero-order valence-electron chi connectivity index (χ0n) is 8.74. The zero-order valence-corrected chi connectivity index (χ0v) is 10.3. The van der Waals surface area contributed by atoms with Gasteiger partial charge in [-0.05, 0) is 24.0 Å². The van der Waals surface area contributed by atoms with Crippen LogP contribution in [-0.2, 0) is 17.6 Å². The van der Waals surface area contributed by atoms with E-state index in [-0.39, 0.29) is 11.2 Å². The SMILES string of the molecule is CCc1ccc(CC(Br)CC(=O)O)cc1. The van der Waals surface area contributed by atoms with Gasteiger partial charge >= 0.3 is 5.97 Å². The lowest BCUT2D eigenvalue weighted by molar-refractivity contribution is -0.136. The van der Waals surface area contributed by atoms with Gasteiger partial charge in [0.25, 0.3) is 0 Å². The van der Waals surface area contributed by atoms with Gasteiger partial charge < -0.3 is 5.11 Å². The highest BCUT2D eigenvalue weighted by molar-refractivity contribution is 9.09. The van der Waals surface area contributed by atoms with Crippen molar-refractivity contribution < 1.29 is 9.90 Å². The lowest BCUT2D eigenvalue weighted by Gasteiger charge is -2.07. The Morgan fingerprint density at radius 1 is 1.33 bits per heavy atom. The summed E-state index contributed by atoms with van der Waals surface area (Å²) in [6.07, 6.45) is 1.96. The van der Waals surface area contributed by atoms with Crippen molar-refractivity contribution in [2.45, 2.75) is 31.0 Å². The third-order valence-electron chi connectivity index (χ3n) is 2.28. The quantitative estimate of drug-likeness (QED) is 0.836. The molecule has 3 heteroatoms. The Morgan fingerprint density at radius 2 is 1.87 bits per heavy atom. The molecule has 0 bridgehead atoms. The Bertz CT molecular complexity index is 319. The molecular weight excluding hydrogens is 256 g/mol. The van der Waals surface area contributed by atoms with E-state index < -0.39 is 5.97 Å². The minimum absolute atomic E-state index is 0.0162. The average Bonchev–Trinajstić information content (AvgIpc) is 2.17. The molecule has 0 aliphatic carbocycles. The molecule has 0 aliphatic heterocycles. The number of benzene rings is 1. The molecule has 0 saturated heterocycles. The van der Waals surface area contributed by atoms with Gasteiger partial charge in [-0.25, -0.2) is 0 Å². The highest BCUT2D eigenvalue weighted by Crippen LogP contribution is 2.14. The number of hydrogen-bond donors (Lipinski definition) is 1. The summed E-state index contributed by atoms with van der Waals surface area (Å²) in [6, 6.07) is 8.32. The van der Waals surface area contributed by atoms with Gasteiger partial charge in [0.1, 0.15) is 0 Å². The summed E-state index contributed by atoms with van der Waals surface area (Å²) in [6.45, 7) is 2.12. The van der Waals surface area contributed by atoms with Crippen LogP contribution in [-0.4, -0.2) is 15.9 Å². The molecule has 1 atom stereocenters. The van der Waals surface area contributed by atoms with E-state index in [0.29, 0.717) is 0 Å². The Kier molecular flexibility index (Phi) is 4.82. The molecule has 1 rings (SSSR count). The Morgan fingerprint density at radius 3 is 2.33 bits per heavy atom. The fraction of sp³-hybridized carbons (Fsp3) is 0.417. The molecule has 0 spiro atoms. The number of carboxylic acids is 1. The highest BCUT2D eigenvalue weighted by Gasteiger charge is 2.09. The molecule has 15 heavy (non-hydrogen) atoms. The van der Waals surface area contributed by atoms with Crippen LogP contribution in [0.1, 0.15) is 24.5 Å². The number of carboxylic acid groups (broad SMARTS) is 1. The third-order valence-corrected chi connectivity index (χ3v) is 2.93. The highest BCUT2D eigenvalue weighted by atomic mass is 79.9. The number of alkyl halides is 1. The summed E-state index contributed by atoms with van der Waals surface area (Å²) in [5, 5.41) is 8.61. The van der Waals surface area contributed by atoms with Gasteiger partial charge in [-0.15, -0.1) is 0 Å². The summed E-state index contributed by atoms with van der Waals surface area (Å²) in [4.78, 5) is 10.5. The number of carbonyl (C=O) groups is 1. The summed E-state index contributed by atoms with van der Waals surface area (Å²) in [5.74, 6) is -0.762. The Balaban J connectivity index is 2.53. The van der Waals surface area contributed by atoms with Gasteiger partial charge in [0, 0.05) is 4.83 Å². The third kappa shape index (κ3) is 4.47. The molecule has 0 radical (unpaired) electrons. The number of hydrogen-bond acceptors (Lipinski definition) is 1. The van der Waals surface area contributed by atoms with Crippen molar-refractivity contribution in [3.05, 3.63) is 35.4 Å². The minimum Gasteiger partial charge on any atom is -0.481 e. The summed E-state index contributed by atoms with van der Waals surface area (Å²) in [7, 11) is 0. The fourth-order valence-electron chi connectivity index (χ4n) is 1.43. The van der Waals surface area contributed by atoms with E-state index in [1.807, 2.05) is 0 Å². The molecule has 0 saturated carbocycles. The predicted molar refractivity (Wildman–Crippen MR) is 64.5 cm³/mol. The second-order valence-corrected chi connectivity index (χ2v) is 4.86. The second kappa shape index (κ2) is 5.91. The van der Waals surface area contributed by atoms with Crippen molar-refractivity contribution in [1.29, 1.82) is 0 Å². The monoisotopic (exact) mass is 270 g/mol. The van der Waals surface area contributed by atoms with E-state index >= 15 is 0 Å². The topological polar surface area (TPSA) is 37.3 Å². The van der Waals surface area contributed by atoms with Crippen molar-refractivity contribution in [2.24, 2.45) is 0 Å². The van der Waals surface area contributed by atoms with Gasteiger partial charge in [-0.1, -0.05) is 47.1 Å².